The van der Waals surface area contributed by atoms with Crippen LogP contribution in [0.5, 0.6) is 0 Å². The van der Waals surface area contributed by atoms with Crippen molar-refractivity contribution >= 4 is 11.9 Å². The molecule has 0 bridgehead atoms. The van der Waals surface area contributed by atoms with Gasteiger partial charge >= 0.3 is 5.97 Å². The third kappa shape index (κ3) is 5.40. The largest absolute Gasteiger partial charge is 0.481 e. The summed E-state index contributed by atoms with van der Waals surface area (Å²) in [6.07, 6.45) is 1.66. The lowest BCUT2D eigenvalue weighted by Gasteiger charge is -2.28. The monoisotopic (exact) mass is 428 g/mol. The summed E-state index contributed by atoms with van der Waals surface area (Å²) < 4.78 is 19.0. The lowest BCUT2D eigenvalue weighted by atomic mass is 9.82. The summed E-state index contributed by atoms with van der Waals surface area (Å²) in [5, 5.41) is 24.8. The molecule has 0 fully saturated rings. The van der Waals surface area contributed by atoms with Crippen molar-refractivity contribution in [2.45, 2.75) is 25.8 Å². The summed E-state index contributed by atoms with van der Waals surface area (Å²) in [5.41, 5.74) is 0.864. The maximum atomic E-state index is 14.0. The molecule has 0 saturated heterocycles. The number of nitrogens with one attached hydrogen (secondary N) is 2. The Morgan fingerprint density at radius 3 is 2.52 bits per heavy atom. The highest BCUT2D eigenvalue weighted by Gasteiger charge is 2.36. The molecule has 1 amide bonds. The summed E-state index contributed by atoms with van der Waals surface area (Å²) >= 11 is 0. The minimum atomic E-state index is -1.42. The number of benzene rings is 2. The van der Waals surface area contributed by atoms with Crippen LogP contribution in [0.3, 0.4) is 0 Å². The third-order valence-electron chi connectivity index (χ3n) is 5.31. The van der Waals surface area contributed by atoms with Gasteiger partial charge in [-0.15, -0.1) is 0 Å². The summed E-state index contributed by atoms with van der Waals surface area (Å²) in [7, 11) is 0. The van der Waals surface area contributed by atoms with Gasteiger partial charge in [0.2, 0.25) is 0 Å². The lowest BCUT2D eigenvalue weighted by Crippen LogP contribution is -2.45. The van der Waals surface area contributed by atoms with Crippen molar-refractivity contribution in [1.29, 1.82) is 0 Å². The van der Waals surface area contributed by atoms with E-state index in [0.29, 0.717) is 17.5 Å². The number of amides is 1. The number of carboxylic acid groups (broad SMARTS) is 1. The van der Waals surface area contributed by atoms with E-state index in [1.807, 2.05) is 12.1 Å². The molecule has 0 radical (unpaired) electrons. The van der Waals surface area contributed by atoms with E-state index >= 15 is 0 Å². The van der Waals surface area contributed by atoms with Crippen molar-refractivity contribution in [1.82, 2.24) is 10.6 Å². The van der Waals surface area contributed by atoms with E-state index < -0.39 is 29.9 Å². The first kappa shape index (κ1) is 22.3. The van der Waals surface area contributed by atoms with Gasteiger partial charge in [-0.1, -0.05) is 42.5 Å². The van der Waals surface area contributed by atoms with Gasteiger partial charge in [0.25, 0.3) is 5.91 Å². The Bertz CT molecular complexity index is 976. The normalized spacial score (nSPS) is 15.8. The van der Waals surface area contributed by atoms with Crippen molar-refractivity contribution in [3.63, 3.8) is 0 Å². The Morgan fingerprint density at radius 2 is 1.94 bits per heavy atom. The standard InChI is InChI=1S/C23H25FN2O5/c1-23(13-27,22(29)30)11-17(26-21(28)20-12-31-14-25-20)10-15-6-8-16(9-7-15)18-4-2-3-5-19(18)24/h2-9,12,17,25,27H,10-11,13-14H2,1H3,(H,26,28)(H,29,30)/t17-,23?/m1/s1. The van der Waals surface area contributed by atoms with Crippen molar-refractivity contribution in [2.24, 2.45) is 5.41 Å². The van der Waals surface area contributed by atoms with Gasteiger partial charge in [0, 0.05) is 11.6 Å². The Kier molecular flexibility index (Phi) is 6.91. The number of hydrogen-bond donors (Lipinski definition) is 4. The number of rotatable bonds is 9. The second-order valence-corrected chi connectivity index (χ2v) is 7.80. The van der Waals surface area contributed by atoms with Gasteiger partial charge in [-0.25, -0.2) is 4.39 Å². The van der Waals surface area contributed by atoms with Gasteiger partial charge in [-0.05, 0) is 37.0 Å². The smallest absolute Gasteiger partial charge is 0.311 e. The molecule has 1 unspecified atom stereocenters. The predicted octanol–water partition coefficient (Wildman–Crippen LogP) is 2.41. The molecule has 3 rings (SSSR count). The van der Waals surface area contributed by atoms with Crippen molar-refractivity contribution in [3.05, 3.63) is 71.9 Å². The van der Waals surface area contributed by atoms with Gasteiger partial charge in [0.15, 0.2) is 6.73 Å². The van der Waals surface area contributed by atoms with E-state index in [0.717, 1.165) is 5.56 Å². The second kappa shape index (κ2) is 9.61. The molecule has 1 heterocycles. The Morgan fingerprint density at radius 1 is 1.23 bits per heavy atom. The van der Waals surface area contributed by atoms with Gasteiger partial charge in [0.1, 0.15) is 17.8 Å². The first-order valence-corrected chi connectivity index (χ1v) is 9.87. The van der Waals surface area contributed by atoms with Gasteiger partial charge < -0.3 is 25.6 Å². The fourth-order valence-electron chi connectivity index (χ4n) is 3.42. The van der Waals surface area contributed by atoms with Crippen molar-refractivity contribution in [3.8, 4) is 11.1 Å². The second-order valence-electron chi connectivity index (χ2n) is 7.80. The van der Waals surface area contributed by atoms with E-state index in [4.69, 9.17) is 4.74 Å². The molecule has 0 aromatic heterocycles. The zero-order valence-corrected chi connectivity index (χ0v) is 17.1. The number of aliphatic hydroxyl groups is 1. The first-order chi connectivity index (χ1) is 14.8. The average molecular weight is 428 g/mol. The molecule has 0 aliphatic carbocycles. The zero-order chi connectivity index (χ0) is 22.4. The number of hydrogen-bond acceptors (Lipinski definition) is 5. The molecule has 4 N–H and O–H groups in total. The highest BCUT2D eigenvalue weighted by Crippen LogP contribution is 2.27. The predicted molar refractivity (Wildman–Crippen MR) is 112 cm³/mol. The number of carboxylic acids is 1. The molecule has 1 aliphatic heterocycles. The molecular weight excluding hydrogens is 403 g/mol. The molecule has 8 heteroatoms. The minimum absolute atomic E-state index is 0.0216. The summed E-state index contributed by atoms with van der Waals surface area (Å²) in [6.45, 7) is 1.06. The van der Waals surface area contributed by atoms with Crippen LogP contribution in [0.15, 0.2) is 60.5 Å². The van der Waals surface area contributed by atoms with Crippen molar-refractivity contribution in [2.75, 3.05) is 13.3 Å². The zero-order valence-electron chi connectivity index (χ0n) is 17.1. The molecule has 2 aromatic rings. The van der Waals surface area contributed by atoms with Crippen LogP contribution in [0.4, 0.5) is 4.39 Å². The van der Waals surface area contributed by atoms with Crippen LogP contribution in [0.2, 0.25) is 0 Å². The Balaban J connectivity index is 1.79. The van der Waals surface area contributed by atoms with Crippen LogP contribution in [-0.2, 0) is 20.7 Å². The van der Waals surface area contributed by atoms with Gasteiger partial charge in [-0.2, -0.15) is 0 Å². The number of halogens is 1. The summed E-state index contributed by atoms with van der Waals surface area (Å²) in [4.78, 5) is 24.2. The van der Waals surface area contributed by atoms with Crippen LogP contribution < -0.4 is 10.6 Å². The van der Waals surface area contributed by atoms with Crippen LogP contribution in [0.25, 0.3) is 11.1 Å². The quantitative estimate of drug-likeness (QED) is 0.489. The number of aliphatic hydroxyl groups excluding tert-OH is 1. The highest BCUT2D eigenvalue weighted by molar-refractivity contribution is 5.93. The van der Waals surface area contributed by atoms with Crippen LogP contribution in [-0.4, -0.2) is 41.5 Å². The number of carbonyl (C=O) groups is 2. The fourth-order valence-corrected chi connectivity index (χ4v) is 3.42. The van der Waals surface area contributed by atoms with Crippen molar-refractivity contribution < 1.29 is 28.9 Å². The topological polar surface area (TPSA) is 108 Å². The van der Waals surface area contributed by atoms with E-state index in [9.17, 15) is 24.2 Å². The highest BCUT2D eigenvalue weighted by atomic mass is 19.1. The van der Waals surface area contributed by atoms with Crippen LogP contribution >= 0.6 is 0 Å². The summed E-state index contributed by atoms with van der Waals surface area (Å²) in [5.74, 6) is -1.89. The van der Waals surface area contributed by atoms with E-state index in [1.165, 1.54) is 19.3 Å². The number of carbonyl (C=O) groups excluding carboxylic acids is 1. The third-order valence-corrected chi connectivity index (χ3v) is 5.31. The Hall–Kier alpha value is -3.39. The minimum Gasteiger partial charge on any atom is -0.481 e. The van der Waals surface area contributed by atoms with E-state index in [2.05, 4.69) is 10.6 Å². The number of aliphatic carboxylic acids is 1. The fraction of sp³-hybridized carbons (Fsp3) is 0.304. The molecule has 2 atom stereocenters. The average Bonchev–Trinajstić information content (AvgIpc) is 3.29. The lowest BCUT2D eigenvalue weighted by molar-refractivity contribution is -0.151. The maximum Gasteiger partial charge on any atom is 0.311 e. The SMILES string of the molecule is CC(CO)(C[C@@H](Cc1ccc(-c2ccccc2F)cc1)NC(=O)C1=COCN1)C(=O)O. The molecule has 0 saturated carbocycles. The first-order valence-electron chi connectivity index (χ1n) is 9.87. The molecule has 7 nitrogen and oxygen atoms in total. The maximum absolute atomic E-state index is 14.0. The molecule has 1 aliphatic rings. The van der Waals surface area contributed by atoms with Gasteiger partial charge in [0.05, 0.1) is 12.0 Å². The van der Waals surface area contributed by atoms with Crippen LogP contribution in [0.1, 0.15) is 18.9 Å². The molecule has 31 heavy (non-hydrogen) atoms. The summed E-state index contributed by atoms with van der Waals surface area (Å²) in [6, 6.07) is 13.1. The van der Waals surface area contributed by atoms with E-state index in [-0.39, 0.29) is 24.7 Å². The van der Waals surface area contributed by atoms with Gasteiger partial charge in [-0.3, -0.25) is 9.59 Å². The van der Waals surface area contributed by atoms with E-state index in [1.54, 1.807) is 30.3 Å². The molecular formula is C23H25FN2O5. The molecule has 164 valence electrons. The molecule has 2 aromatic carbocycles. The Labute approximate surface area is 179 Å². The number of ether oxygens (including phenoxy) is 1. The van der Waals surface area contributed by atoms with Crippen LogP contribution in [0, 0.1) is 11.2 Å². The molecule has 0 spiro atoms.